The van der Waals surface area contributed by atoms with Gasteiger partial charge in [0.25, 0.3) is 0 Å². The molecule has 23 heavy (non-hydrogen) atoms. The van der Waals surface area contributed by atoms with Crippen LogP contribution in [-0.4, -0.2) is 18.5 Å². The fourth-order valence-corrected chi connectivity index (χ4v) is 3.79. The molecule has 0 fully saturated rings. The minimum Gasteiger partial charge on any atom is -0.310 e. The van der Waals surface area contributed by atoms with E-state index in [0.717, 1.165) is 28.7 Å². The molecule has 2 atom stereocenters. The number of benzene rings is 2. The van der Waals surface area contributed by atoms with E-state index in [1.807, 2.05) is 48.2 Å². The number of carbonyl (C=O) groups excluding carboxylic acids is 1. The molecule has 1 N–H and O–H groups in total. The van der Waals surface area contributed by atoms with Crippen molar-refractivity contribution >= 4 is 27.5 Å². The van der Waals surface area contributed by atoms with Crippen LogP contribution in [0.3, 0.4) is 0 Å². The molecule has 120 valence electrons. The molecule has 0 saturated heterocycles. The predicted molar refractivity (Wildman–Crippen MR) is 97.7 cm³/mol. The second-order valence-corrected chi connectivity index (χ2v) is 6.85. The third-order valence-corrected chi connectivity index (χ3v) is 5.12. The van der Waals surface area contributed by atoms with Gasteiger partial charge in [-0.2, -0.15) is 0 Å². The van der Waals surface area contributed by atoms with Gasteiger partial charge in [-0.3, -0.25) is 10.1 Å². The minimum atomic E-state index is -0.233. The summed E-state index contributed by atoms with van der Waals surface area (Å²) < 4.78 is 1.06. The largest absolute Gasteiger partial charge is 0.310 e. The normalized spacial score (nSPS) is 16.0. The first-order valence-electron chi connectivity index (χ1n) is 7.97. The van der Waals surface area contributed by atoms with E-state index < -0.39 is 0 Å². The number of para-hydroxylation sites is 1. The van der Waals surface area contributed by atoms with E-state index >= 15 is 0 Å². The molecule has 0 radical (unpaired) electrons. The molecule has 0 unspecified atom stereocenters. The highest BCUT2D eigenvalue weighted by Gasteiger charge is 2.28. The van der Waals surface area contributed by atoms with Gasteiger partial charge in [0.2, 0.25) is 5.91 Å². The van der Waals surface area contributed by atoms with Crippen LogP contribution >= 0.6 is 15.9 Å². The van der Waals surface area contributed by atoms with E-state index in [9.17, 15) is 4.79 Å². The Morgan fingerprint density at radius 1 is 1.13 bits per heavy atom. The van der Waals surface area contributed by atoms with Gasteiger partial charge in [0.1, 0.15) is 0 Å². The van der Waals surface area contributed by atoms with Crippen LogP contribution in [0.25, 0.3) is 0 Å². The summed E-state index contributed by atoms with van der Waals surface area (Å²) in [4.78, 5) is 14.7. The van der Waals surface area contributed by atoms with Crippen molar-refractivity contribution in [2.24, 2.45) is 0 Å². The van der Waals surface area contributed by atoms with Crippen LogP contribution in [-0.2, 0) is 11.2 Å². The van der Waals surface area contributed by atoms with Crippen molar-refractivity contribution in [3.8, 4) is 0 Å². The number of fused-ring (bicyclic) bond motifs is 1. The monoisotopic (exact) mass is 372 g/mol. The molecule has 0 saturated carbocycles. The Balaban J connectivity index is 1.70. The summed E-state index contributed by atoms with van der Waals surface area (Å²) in [5.41, 5.74) is 3.47. The SMILES string of the molecule is C[C@H](N[C@H](C)C(=O)N1CCc2ccccc21)c1ccccc1Br. The van der Waals surface area contributed by atoms with Crippen LogP contribution < -0.4 is 10.2 Å². The number of amides is 1. The van der Waals surface area contributed by atoms with E-state index in [4.69, 9.17) is 0 Å². The molecular formula is C19H21BrN2O. The molecule has 2 aromatic rings. The van der Waals surface area contributed by atoms with Crippen LogP contribution in [0.2, 0.25) is 0 Å². The highest BCUT2D eigenvalue weighted by molar-refractivity contribution is 9.10. The fraction of sp³-hybridized carbons (Fsp3) is 0.316. The van der Waals surface area contributed by atoms with Crippen molar-refractivity contribution in [3.63, 3.8) is 0 Å². The molecule has 1 aliphatic heterocycles. The Kier molecular flexibility index (Phi) is 4.83. The first-order valence-corrected chi connectivity index (χ1v) is 8.77. The Hall–Kier alpha value is -1.65. The molecule has 3 nitrogen and oxygen atoms in total. The zero-order valence-electron chi connectivity index (χ0n) is 13.4. The van der Waals surface area contributed by atoms with Crippen LogP contribution in [0.1, 0.15) is 31.0 Å². The number of nitrogens with one attached hydrogen (secondary N) is 1. The summed E-state index contributed by atoms with van der Waals surface area (Å²) in [7, 11) is 0. The predicted octanol–water partition coefficient (Wildman–Crippen LogP) is 4.08. The Morgan fingerprint density at radius 2 is 1.83 bits per heavy atom. The molecule has 3 rings (SSSR count). The van der Waals surface area contributed by atoms with Gasteiger partial charge < -0.3 is 4.90 Å². The van der Waals surface area contributed by atoms with Gasteiger partial charge in [-0.1, -0.05) is 52.3 Å². The molecule has 0 bridgehead atoms. The van der Waals surface area contributed by atoms with Crippen molar-refractivity contribution in [1.82, 2.24) is 5.32 Å². The summed E-state index contributed by atoms with van der Waals surface area (Å²) in [6, 6.07) is 16.1. The number of rotatable bonds is 4. The summed E-state index contributed by atoms with van der Waals surface area (Å²) in [6.45, 7) is 4.80. The number of carbonyl (C=O) groups is 1. The lowest BCUT2D eigenvalue weighted by atomic mass is 10.1. The Labute approximate surface area is 145 Å². The second kappa shape index (κ2) is 6.85. The first-order chi connectivity index (χ1) is 11.1. The first kappa shape index (κ1) is 16.2. The van der Waals surface area contributed by atoms with Gasteiger partial charge in [0.15, 0.2) is 0 Å². The fourth-order valence-electron chi connectivity index (χ4n) is 3.16. The lowest BCUT2D eigenvalue weighted by molar-refractivity contribution is -0.120. The van der Waals surface area contributed by atoms with Gasteiger partial charge in [0, 0.05) is 22.7 Å². The van der Waals surface area contributed by atoms with Crippen molar-refractivity contribution in [1.29, 1.82) is 0 Å². The molecule has 1 amide bonds. The van der Waals surface area contributed by atoms with Crippen LogP contribution in [0, 0.1) is 0 Å². The lowest BCUT2D eigenvalue weighted by Crippen LogP contribution is -2.45. The van der Waals surface area contributed by atoms with E-state index in [2.05, 4.69) is 40.3 Å². The molecular weight excluding hydrogens is 352 g/mol. The zero-order valence-corrected chi connectivity index (χ0v) is 15.0. The van der Waals surface area contributed by atoms with Crippen molar-refractivity contribution < 1.29 is 4.79 Å². The van der Waals surface area contributed by atoms with Gasteiger partial charge in [0.05, 0.1) is 6.04 Å². The van der Waals surface area contributed by atoms with E-state index in [1.54, 1.807) is 0 Å². The van der Waals surface area contributed by atoms with Crippen molar-refractivity contribution in [2.45, 2.75) is 32.4 Å². The Bertz CT molecular complexity index is 716. The molecule has 0 spiro atoms. The molecule has 0 aliphatic carbocycles. The molecule has 1 heterocycles. The lowest BCUT2D eigenvalue weighted by Gasteiger charge is -2.25. The zero-order chi connectivity index (χ0) is 16.4. The standard InChI is InChI=1S/C19H21BrN2O/c1-13(16-8-4-5-9-17(16)20)21-14(2)19(23)22-12-11-15-7-3-6-10-18(15)22/h3-10,13-14,21H,11-12H2,1-2H3/t13-,14+/m0/s1. The summed E-state index contributed by atoms with van der Waals surface area (Å²) in [5.74, 6) is 0.133. The van der Waals surface area contributed by atoms with Crippen LogP contribution in [0.4, 0.5) is 5.69 Å². The molecule has 0 aromatic heterocycles. The van der Waals surface area contributed by atoms with Gasteiger partial charge in [-0.25, -0.2) is 0 Å². The minimum absolute atomic E-state index is 0.0994. The second-order valence-electron chi connectivity index (χ2n) is 6.00. The maximum absolute atomic E-state index is 12.8. The van der Waals surface area contributed by atoms with E-state index in [1.165, 1.54) is 5.56 Å². The number of hydrogen-bond donors (Lipinski definition) is 1. The van der Waals surface area contributed by atoms with Crippen LogP contribution in [0.15, 0.2) is 53.0 Å². The van der Waals surface area contributed by atoms with Gasteiger partial charge in [-0.15, -0.1) is 0 Å². The van der Waals surface area contributed by atoms with E-state index in [-0.39, 0.29) is 18.0 Å². The number of nitrogens with zero attached hydrogens (tertiary/aromatic N) is 1. The topological polar surface area (TPSA) is 32.3 Å². The third-order valence-electron chi connectivity index (χ3n) is 4.40. The summed E-state index contributed by atoms with van der Waals surface area (Å²) in [6.07, 6.45) is 0.939. The molecule has 4 heteroatoms. The number of anilines is 1. The maximum atomic E-state index is 12.8. The third kappa shape index (κ3) is 3.33. The van der Waals surface area contributed by atoms with Crippen LogP contribution in [0.5, 0.6) is 0 Å². The van der Waals surface area contributed by atoms with Crippen molar-refractivity contribution in [3.05, 3.63) is 64.1 Å². The highest BCUT2D eigenvalue weighted by Crippen LogP contribution is 2.28. The smallest absolute Gasteiger partial charge is 0.243 e. The number of hydrogen-bond acceptors (Lipinski definition) is 2. The average Bonchev–Trinajstić information content (AvgIpc) is 2.98. The highest BCUT2D eigenvalue weighted by atomic mass is 79.9. The maximum Gasteiger partial charge on any atom is 0.243 e. The molecule has 1 aliphatic rings. The summed E-state index contributed by atoms with van der Waals surface area (Å²) in [5, 5.41) is 3.42. The quantitative estimate of drug-likeness (QED) is 0.876. The average molecular weight is 373 g/mol. The van der Waals surface area contributed by atoms with Crippen molar-refractivity contribution in [2.75, 3.05) is 11.4 Å². The van der Waals surface area contributed by atoms with E-state index in [0.29, 0.717) is 0 Å². The summed E-state index contributed by atoms with van der Waals surface area (Å²) >= 11 is 3.58. The Morgan fingerprint density at radius 3 is 2.61 bits per heavy atom. The van der Waals surface area contributed by atoms with Gasteiger partial charge in [-0.05, 0) is 43.5 Å². The van der Waals surface area contributed by atoms with Gasteiger partial charge >= 0.3 is 0 Å². The number of halogens is 1. The molecule has 2 aromatic carbocycles.